The van der Waals surface area contributed by atoms with Crippen LogP contribution in [0.25, 0.3) is 0 Å². The molecule has 1 saturated heterocycles. The Hall–Kier alpha value is -4.14. The highest BCUT2D eigenvalue weighted by Gasteiger charge is 2.51. The number of rotatable bonds is 10. The van der Waals surface area contributed by atoms with Crippen LogP contribution in [0.5, 0.6) is 17.2 Å². The number of hydrogen-bond acceptors (Lipinski definition) is 7. The number of ether oxygens (including phenoxy) is 3. The second-order valence-electron chi connectivity index (χ2n) is 8.15. The second-order valence-corrected chi connectivity index (χ2v) is 8.15. The molecule has 2 unspecified atom stereocenters. The summed E-state index contributed by atoms with van der Waals surface area (Å²) in [5.41, 5.74) is 0.957. The first-order chi connectivity index (χ1) is 17.0. The van der Waals surface area contributed by atoms with Crippen LogP contribution < -0.4 is 14.2 Å². The molecule has 182 valence electrons. The third kappa shape index (κ3) is 4.75. The molecular formula is C26H27N3O6. The Morgan fingerprint density at radius 1 is 0.943 bits per heavy atom. The van der Waals surface area contributed by atoms with E-state index >= 15 is 0 Å². The summed E-state index contributed by atoms with van der Waals surface area (Å²) in [5, 5.41) is 0. The lowest BCUT2D eigenvalue weighted by molar-refractivity contribution is -0.140. The number of carbonyl (C=O) groups excluding carboxylic acids is 3. The number of carbonyl (C=O) groups is 3. The van der Waals surface area contributed by atoms with Crippen molar-refractivity contribution in [3.63, 3.8) is 0 Å². The summed E-state index contributed by atoms with van der Waals surface area (Å²) in [6.45, 7) is 0.919. The number of aromatic nitrogens is 2. The number of imidazole rings is 1. The van der Waals surface area contributed by atoms with Gasteiger partial charge in [-0.15, -0.1) is 0 Å². The molecule has 0 saturated carbocycles. The molecule has 0 N–H and O–H groups in total. The Morgan fingerprint density at radius 3 is 2.31 bits per heavy atom. The maximum absolute atomic E-state index is 13.6. The summed E-state index contributed by atoms with van der Waals surface area (Å²) in [5.74, 6) is -1.42. The van der Waals surface area contributed by atoms with E-state index in [4.69, 9.17) is 14.2 Å². The number of Topliss-reactive ketones (excluding diaryl/α,β-unsaturated/α-hetero) is 2. The molecule has 1 amide bonds. The van der Waals surface area contributed by atoms with E-state index in [2.05, 4.69) is 4.98 Å². The number of likely N-dealkylation sites (tertiary alicyclic amines) is 1. The summed E-state index contributed by atoms with van der Waals surface area (Å²) < 4.78 is 17.8. The first kappa shape index (κ1) is 24.0. The number of methoxy groups -OCH3 is 3. The van der Waals surface area contributed by atoms with E-state index in [9.17, 15) is 14.4 Å². The van der Waals surface area contributed by atoms with Crippen molar-refractivity contribution in [3.8, 4) is 17.2 Å². The smallest absolute Gasteiger partial charge is 0.291 e. The number of nitrogens with zero attached hydrogens (tertiary/aromatic N) is 3. The van der Waals surface area contributed by atoms with Crippen molar-refractivity contribution < 1.29 is 28.6 Å². The van der Waals surface area contributed by atoms with Gasteiger partial charge < -0.3 is 23.7 Å². The highest BCUT2D eigenvalue weighted by atomic mass is 16.5. The maximum atomic E-state index is 13.6. The molecular weight excluding hydrogens is 450 g/mol. The SMILES string of the molecule is COc1ccc(C(=O)C2C(=O)C(=O)N(CCCn3ccnc3)C2c2ccc(OC)c(OC)c2)cc1. The minimum absolute atomic E-state index is 0.300. The van der Waals surface area contributed by atoms with Crippen molar-refractivity contribution in [2.75, 3.05) is 27.9 Å². The fraction of sp³-hybridized carbons (Fsp3) is 0.308. The van der Waals surface area contributed by atoms with Gasteiger partial charge in [0, 0.05) is 31.0 Å². The van der Waals surface area contributed by atoms with Gasteiger partial charge in [0.25, 0.3) is 5.91 Å². The molecule has 1 fully saturated rings. The lowest BCUT2D eigenvalue weighted by atomic mass is 9.86. The van der Waals surface area contributed by atoms with Gasteiger partial charge in [-0.05, 0) is 48.4 Å². The molecule has 2 atom stereocenters. The summed E-state index contributed by atoms with van der Waals surface area (Å²) in [6, 6.07) is 10.9. The van der Waals surface area contributed by atoms with Crippen LogP contribution in [0.1, 0.15) is 28.4 Å². The zero-order valence-corrected chi connectivity index (χ0v) is 19.8. The Labute approximate surface area is 203 Å². The van der Waals surface area contributed by atoms with Gasteiger partial charge in [0.05, 0.1) is 33.7 Å². The number of benzene rings is 2. The maximum Gasteiger partial charge on any atom is 0.291 e. The summed E-state index contributed by atoms with van der Waals surface area (Å²) in [6.07, 6.45) is 5.79. The van der Waals surface area contributed by atoms with E-state index in [0.717, 1.165) is 0 Å². The molecule has 0 radical (unpaired) electrons. The Balaban J connectivity index is 1.70. The first-order valence-corrected chi connectivity index (χ1v) is 11.2. The van der Waals surface area contributed by atoms with Crippen molar-refractivity contribution in [1.82, 2.24) is 14.5 Å². The molecule has 0 bridgehead atoms. The van der Waals surface area contributed by atoms with Gasteiger partial charge >= 0.3 is 0 Å². The van der Waals surface area contributed by atoms with E-state index in [1.165, 1.54) is 26.2 Å². The summed E-state index contributed by atoms with van der Waals surface area (Å²) >= 11 is 0. The third-order valence-electron chi connectivity index (χ3n) is 6.19. The fourth-order valence-corrected chi connectivity index (χ4v) is 4.41. The zero-order chi connectivity index (χ0) is 24.9. The van der Waals surface area contributed by atoms with E-state index in [-0.39, 0.29) is 0 Å². The van der Waals surface area contributed by atoms with E-state index < -0.39 is 29.4 Å². The van der Waals surface area contributed by atoms with Crippen LogP contribution in [-0.4, -0.2) is 59.8 Å². The normalized spacial score (nSPS) is 17.5. The number of hydrogen-bond donors (Lipinski definition) is 0. The standard InChI is InChI=1S/C26H27N3O6/c1-33-19-8-5-17(6-9-19)24(30)22-23(18-7-10-20(34-2)21(15-18)35-3)29(26(32)25(22)31)13-4-12-28-14-11-27-16-28/h5-11,14-16,22-23H,4,12-13H2,1-3H3. The average Bonchev–Trinajstić information content (AvgIpc) is 3.50. The molecule has 4 rings (SSSR count). The highest BCUT2D eigenvalue weighted by Crippen LogP contribution is 2.41. The van der Waals surface area contributed by atoms with Gasteiger partial charge in [-0.1, -0.05) is 6.07 Å². The topological polar surface area (TPSA) is 100.0 Å². The number of aryl methyl sites for hydroxylation is 1. The van der Waals surface area contributed by atoms with Crippen molar-refractivity contribution in [1.29, 1.82) is 0 Å². The van der Waals surface area contributed by atoms with E-state index in [1.54, 1.807) is 55.0 Å². The van der Waals surface area contributed by atoms with Gasteiger partial charge in [-0.2, -0.15) is 0 Å². The fourth-order valence-electron chi connectivity index (χ4n) is 4.41. The number of ketones is 2. The summed E-state index contributed by atoms with van der Waals surface area (Å²) in [7, 11) is 4.57. The van der Waals surface area contributed by atoms with Crippen molar-refractivity contribution >= 4 is 17.5 Å². The Kier molecular flexibility index (Phi) is 7.14. The lowest BCUT2D eigenvalue weighted by Gasteiger charge is -2.28. The minimum Gasteiger partial charge on any atom is -0.497 e. The molecule has 9 heteroatoms. The second kappa shape index (κ2) is 10.4. The minimum atomic E-state index is -1.18. The van der Waals surface area contributed by atoms with E-state index in [0.29, 0.717) is 47.9 Å². The predicted molar refractivity (Wildman–Crippen MR) is 127 cm³/mol. The molecule has 2 heterocycles. The molecule has 0 spiro atoms. The predicted octanol–water partition coefficient (Wildman–Crippen LogP) is 2.95. The van der Waals surface area contributed by atoms with Crippen LogP contribution in [0.15, 0.2) is 61.2 Å². The molecule has 2 aromatic carbocycles. The average molecular weight is 478 g/mol. The van der Waals surface area contributed by atoms with Crippen LogP contribution in [-0.2, 0) is 16.1 Å². The quantitative estimate of drug-likeness (QED) is 0.251. The molecule has 35 heavy (non-hydrogen) atoms. The monoisotopic (exact) mass is 477 g/mol. The molecule has 1 aliphatic heterocycles. The third-order valence-corrected chi connectivity index (χ3v) is 6.19. The van der Waals surface area contributed by atoms with Crippen LogP contribution in [0.3, 0.4) is 0 Å². The first-order valence-electron chi connectivity index (χ1n) is 11.2. The van der Waals surface area contributed by atoms with E-state index in [1.807, 2.05) is 10.8 Å². The van der Waals surface area contributed by atoms with Crippen LogP contribution >= 0.6 is 0 Å². The highest BCUT2D eigenvalue weighted by molar-refractivity contribution is 6.44. The molecule has 3 aromatic rings. The Bertz CT molecular complexity index is 1210. The van der Waals surface area contributed by atoms with Crippen molar-refractivity contribution in [2.45, 2.75) is 19.0 Å². The van der Waals surface area contributed by atoms with Crippen LogP contribution in [0.4, 0.5) is 0 Å². The summed E-state index contributed by atoms with van der Waals surface area (Å²) in [4.78, 5) is 45.4. The Morgan fingerprint density at radius 2 is 1.69 bits per heavy atom. The van der Waals surface area contributed by atoms with Gasteiger partial charge in [-0.25, -0.2) is 4.98 Å². The lowest BCUT2D eigenvalue weighted by Crippen LogP contribution is -2.32. The molecule has 9 nitrogen and oxygen atoms in total. The van der Waals surface area contributed by atoms with Gasteiger partial charge in [0.1, 0.15) is 11.7 Å². The van der Waals surface area contributed by atoms with Gasteiger partial charge in [-0.3, -0.25) is 14.4 Å². The zero-order valence-electron chi connectivity index (χ0n) is 19.8. The van der Waals surface area contributed by atoms with Gasteiger partial charge in [0.2, 0.25) is 5.78 Å². The number of amides is 1. The van der Waals surface area contributed by atoms with Crippen LogP contribution in [0.2, 0.25) is 0 Å². The van der Waals surface area contributed by atoms with Gasteiger partial charge in [0.15, 0.2) is 17.3 Å². The van der Waals surface area contributed by atoms with Crippen molar-refractivity contribution in [2.24, 2.45) is 5.92 Å². The molecule has 1 aliphatic rings. The molecule has 1 aromatic heterocycles. The largest absolute Gasteiger partial charge is 0.497 e. The van der Waals surface area contributed by atoms with Crippen LogP contribution in [0, 0.1) is 5.92 Å². The van der Waals surface area contributed by atoms with Crippen molar-refractivity contribution in [3.05, 3.63) is 72.3 Å². The molecule has 0 aliphatic carbocycles.